The molecule has 0 unspecified atom stereocenters. The molecule has 6 nitrogen and oxygen atoms in total. The number of aryl methyl sites for hydroxylation is 1. The maximum absolute atomic E-state index is 14.3. The van der Waals surface area contributed by atoms with Crippen LogP contribution < -0.4 is 4.90 Å². The number of furan rings is 1. The molecule has 148 valence electrons. The molecule has 1 amide bonds. The van der Waals surface area contributed by atoms with Crippen molar-refractivity contribution in [3.8, 4) is 0 Å². The summed E-state index contributed by atoms with van der Waals surface area (Å²) in [7, 11) is 0. The van der Waals surface area contributed by atoms with Crippen molar-refractivity contribution in [3.05, 3.63) is 65.7 Å². The molecule has 0 aliphatic heterocycles. The number of carbonyl (C=O) groups is 1. The van der Waals surface area contributed by atoms with Gasteiger partial charge >= 0.3 is 0 Å². The number of hydrogen-bond acceptors (Lipinski definition) is 5. The van der Waals surface area contributed by atoms with Gasteiger partial charge in [-0.25, -0.2) is 8.78 Å². The van der Waals surface area contributed by atoms with E-state index in [1.165, 1.54) is 17.2 Å². The Labute approximate surface area is 161 Å². The maximum Gasteiger partial charge on any atom is 0.227 e. The topological polar surface area (TPSA) is 72.4 Å². The smallest absolute Gasteiger partial charge is 0.227 e. The van der Waals surface area contributed by atoms with Gasteiger partial charge in [-0.05, 0) is 30.7 Å². The number of rotatable bonds is 8. The highest BCUT2D eigenvalue weighted by Gasteiger charge is 2.21. The number of carbonyl (C=O) groups excluding carboxylic acids is 1. The van der Waals surface area contributed by atoms with Gasteiger partial charge in [-0.1, -0.05) is 19.0 Å². The van der Waals surface area contributed by atoms with E-state index in [0.29, 0.717) is 30.3 Å². The van der Waals surface area contributed by atoms with Gasteiger partial charge in [0.15, 0.2) is 5.82 Å². The Hall–Kier alpha value is -3.03. The third-order valence-electron chi connectivity index (χ3n) is 4.18. The van der Waals surface area contributed by atoms with Crippen molar-refractivity contribution in [2.45, 2.75) is 45.6 Å². The molecule has 1 aromatic carbocycles. The minimum absolute atomic E-state index is 0.00249. The van der Waals surface area contributed by atoms with Crippen LogP contribution in [0.25, 0.3) is 0 Å². The second-order valence-electron chi connectivity index (χ2n) is 6.71. The van der Waals surface area contributed by atoms with Gasteiger partial charge in [-0.3, -0.25) is 4.79 Å². The molecule has 0 aliphatic carbocycles. The molecule has 0 radical (unpaired) electrons. The number of anilines is 1. The lowest BCUT2D eigenvalue weighted by atomic mass is 10.2. The number of aromatic nitrogens is 2. The second-order valence-corrected chi connectivity index (χ2v) is 6.71. The number of benzene rings is 1. The Bertz CT molecular complexity index is 923. The second kappa shape index (κ2) is 8.77. The van der Waals surface area contributed by atoms with E-state index in [1.54, 1.807) is 12.1 Å². The van der Waals surface area contributed by atoms with Crippen LogP contribution in [-0.2, 0) is 17.8 Å². The highest BCUT2D eigenvalue weighted by molar-refractivity contribution is 5.93. The summed E-state index contributed by atoms with van der Waals surface area (Å²) < 4.78 is 38.0. The lowest BCUT2D eigenvalue weighted by Crippen LogP contribution is -2.31. The Morgan fingerprint density at radius 2 is 2.07 bits per heavy atom. The minimum Gasteiger partial charge on any atom is -0.467 e. The van der Waals surface area contributed by atoms with E-state index in [2.05, 4.69) is 10.1 Å². The zero-order valence-electron chi connectivity index (χ0n) is 15.7. The number of amides is 1. The summed E-state index contributed by atoms with van der Waals surface area (Å²) in [6.45, 7) is 3.97. The Balaban J connectivity index is 1.69. The van der Waals surface area contributed by atoms with E-state index in [4.69, 9.17) is 8.94 Å². The van der Waals surface area contributed by atoms with Crippen molar-refractivity contribution in [1.29, 1.82) is 0 Å². The average Bonchev–Trinajstić information content (AvgIpc) is 3.32. The predicted molar refractivity (Wildman–Crippen MR) is 97.6 cm³/mol. The minimum atomic E-state index is -0.807. The normalized spacial score (nSPS) is 11.2. The van der Waals surface area contributed by atoms with Gasteiger partial charge in [0.1, 0.15) is 17.4 Å². The molecule has 0 bridgehead atoms. The largest absolute Gasteiger partial charge is 0.467 e. The van der Waals surface area contributed by atoms with E-state index >= 15 is 0 Å². The average molecular weight is 389 g/mol. The molecule has 28 heavy (non-hydrogen) atoms. The van der Waals surface area contributed by atoms with Crippen LogP contribution in [0.1, 0.15) is 50.1 Å². The molecule has 0 saturated carbocycles. The zero-order valence-corrected chi connectivity index (χ0v) is 15.7. The van der Waals surface area contributed by atoms with Crippen molar-refractivity contribution in [2.24, 2.45) is 0 Å². The molecule has 3 aromatic rings. The summed E-state index contributed by atoms with van der Waals surface area (Å²) in [5, 5.41) is 3.89. The molecular weight excluding hydrogens is 368 g/mol. The lowest BCUT2D eigenvalue weighted by Gasteiger charge is -2.22. The Morgan fingerprint density at radius 3 is 2.71 bits per heavy atom. The fraction of sp³-hybridized carbons (Fsp3) is 0.350. The third-order valence-corrected chi connectivity index (χ3v) is 4.18. The fourth-order valence-corrected chi connectivity index (χ4v) is 2.70. The van der Waals surface area contributed by atoms with E-state index in [-0.39, 0.29) is 30.5 Å². The summed E-state index contributed by atoms with van der Waals surface area (Å²) in [6, 6.07) is 6.49. The summed E-state index contributed by atoms with van der Waals surface area (Å²) in [4.78, 5) is 18.3. The monoisotopic (exact) mass is 389 g/mol. The van der Waals surface area contributed by atoms with Crippen LogP contribution in [0.2, 0.25) is 0 Å². The SMILES string of the molecule is CC(C)c1noc(CCCC(=O)N(Cc2ccco2)c2ccc(F)cc2F)n1. The molecular formula is C20H21F2N3O3. The quantitative estimate of drug-likeness (QED) is 0.562. The molecule has 3 rings (SSSR count). The van der Waals surface area contributed by atoms with E-state index in [1.807, 2.05) is 13.8 Å². The summed E-state index contributed by atoms with van der Waals surface area (Å²) in [5.41, 5.74) is 0.00249. The number of halogens is 2. The first kappa shape index (κ1) is 19.7. The van der Waals surface area contributed by atoms with Gasteiger partial charge in [-0.15, -0.1) is 0 Å². The predicted octanol–water partition coefficient (Wildman–Crippen LogP) is 4.62. The standard InChI is InChI=1S/C20H21F2N3O3/c1-13(2)20-23-18(28-24-20)6-3-7-19(26)25(12-15-5-4-10-27-15)17-9-8-14(21)11-16(17)22/h4-5,8-11,13H,3,6-7,12H2,1-2H3. The van der Waals surface area contributed by atoms with Crippen molar-refractivity contribution in [3.63, 3.8) is 0 Å². The summed E-state index contributed by atoms with van der Waals surface area (Å²) >= 11 is 0. The lowest BCUT2D eigenvalue weighted by molar-refractivity contribution is -0.118. The first-order valence-corrected chi connectivity index (χ1v) is 9.04. The van der Waals surface area contributed by atoms with E-state index in [0.717, 1.165) is 12.1 Å². The van der Waals surface area contributed by atoms with Crippen LogP contribution in [0.4, 0.5) is 14.5 Å². The van der Waals surface area contributed by atoms with Gasteiger partial charge in [0.2, 0.25) is 11.8 Å². The van der Waals surface area contributed by atoms with Crippen LogP contribution in [0.3, 0.4) is 0 Å². The van der Waals surface area contributed by atoms with Gasteiger partial charge in [0, 0.05) is 24.8 Å². The van der Waals surface area contributed by atoms with Crippen molar-refractivity contribution in [1.82, 2.24) is 10.1 Å². The third kappa shape index (κ3) is 4.82. The van der Waals surface area contributed by atoms with Crippen LogP contribution in [-0.4, -0.2) is 16.0 Å². The maximum atomic E-state index is 14.3. The summed E-state index contributed by atoms with van der Waals surface area (Å²) in [5.74, 6) is -0.0935. The zero-order chi connectivity index (χ0) is 20.1. The van der Waals surface area contributed by atoms with E-state index < -0.39 is 11.6 Å². The fourth-order valence-electron chi connectivity index (χ4n) is 2.70. The molecule has 0 spiro atoms. The van der Waals surface area contributed by atoms with Crippen LogP contribution in [0.15, 0.2) is 45.5 Å². The van der Waals surface area contributed by atoms with Gasteiger partial charge in [-0.2, -0.15) is 4.98 Å². The molecule has 0 aliphatic rings. The van der Waals surface area contributed by atoms with Crippen LogP contribution >= 0.6 is 0 Å². The molecule has 0 atom stereocenters. The van der Waals surface area contributed by atoms with E-state index in [9.17, 15) is 13.6 Å². The molecule has 0 saturated heterocycles. The first-order valence-electron chi connectivity index (χ1n) is 9.04. The van der Waals surface area contributed by atoms with Gasteiger partial charge in [0.05, 0.1) is 18.5 Å². The molecule has 2 heterocycles. The van der Waals surface area contributed by atoms with Crippen LogP contribution in [0, 0.1) is 11.6 Å². The van der Waals surface area contributed by atoms with Crippen molar-refractivity contribution in [2.75, 3.05) is 4.90 Å². The van der Waals surface area contributed by atoms with Gasteiger partial charge in [0.25, 0.3) is 0 Å². The molecule has 2 aromatic heterocycles. The van der Waals surface area contributed by atoms with Gasteiger partial charge < -0.3 is 13.8 Å². The number of hydrogen-bond donors (Lipinski definition) is 0. The highest BCUT2D eigenvalue weighted by Crippen LogP contribution is 2.24. The highest BCUT2D eigenvalue weighted by atomic mass is 19.1. The summed E-state index contributed by atoms with van der Waals surface area (Å²) in [6.07, 6.45) is 2.50. The Morgan fingerprint density at radius 1 is 1.25 bits per heavy atom. The first-order chi connectivity index (χ1) is 13.4. The molecule has 0 fully saturated rings. The van der Waals surface area contributed by atoms with Crippen molar-refractivity contribution < 1.29 is 22.5 Å². The number of nitrogens with zero attached hydrogens (tertiary/aromatic N) is 3. The molecule has 8 heteroatoms. The molecule has 0 N–H and O–H groups in total. The van der Waals surface area contributed by atoms with Crippen molar-refractivity contribution >= 4 is 11.6 Å². The van der Waals surface area contributed by atoms with Crippen LogP contribution in [0.5, 0.6) is 0 Å². The Kier molecular flexibility index (Phi) is 6.18.